The normalized spacial score (nSPS) is 12.3. The van der Waals surface area contributed by atoms with Crippen molar-refractivity contribution in [2.24, 2.45) is 0 Å². The molecule has 468 valence electrons. The third-order valence-corrected chi connectivity index (χ3v) is 16.1. The van der Waals surface area contributed by atoms with Gasteiger partial charge in [0.25, 0.3) is 0 Å². The first kappa shape index (κ1) is 77.4. The second kappa shape index (κ2) is 68.9. The molecule has 0 aliphatic carbocycles. The molecule has 0 aromatic carbocycles. The van der Waals surface area contributed by atoms with Crippen molar-refractivity contribution < 1.29 is 28.6 Å². The third kappa shape index (κ3) is 66.2. The Morgan fingerprint density at radius 1 is 0.250 bits per heavy atom. The minimum absolute atomic E-state index is 0.0712. The highest BCUT2D eigenvalue weighted by atomic mass is 16.6. The lowest BCUT2D eigenvalue weighted by atomic mass is 10.0. The van der Waals surface area contributed by atoms with E-state index in [4.69, 9.17) is 14.2 Å². The maximum atomic E-state index is 13.0. The van der Waals surface area contributed by atoms with Crippen LogP contribution in [0, 0.1) is 0 Å². The fourth-order valence-electron chi connectivity index (χ4n) is 10.7. The second-order valence-electron chi connectivity index (χ2n) is 24.1. The largest absolute Gasteiger partial charge is 0.462 e. The van der Waals surface area contributed by atoms with Crippen molar-refractivity contribution in [3.8, 4) is 0 Å². The summed E-state index contributed by atoms with van der Waals surface area (Å²) in [5.41, 5.74) is 0. The lowest BCUT2D eigenvalue weighted by molar-refractivity contribution is -0.167. The van der Waals surface area contributed by atoms with Crippen molar-refractivity contribution >= 4 is 17.9 Å². The van der Waals surface area contributed by atoms with Crippen LogP contribution in [0.5, 0.6) is 0 Å². The highest BCUT2D eigenvalue weighted by Crippen LogP contribution is 2.18. The van der Waals surface area contributed by atoms with Crippen LogP contribution in [0.1, 0.15) is 387 Å². The van der Waals surface area contributed by atoms with Crippen LogP contribution in [-0.4, -0.2) is 37.2 Å². The van der Waals surface area contributed by atoms with Gasteiger partial charge in [-0.15, -0.1) is 0 Å². The summed E-state index contributed by atoms with van der Waals surface area (Å²) in [5, 5.41) is 0. The first-order valence-corrected chi connectivity index (χ1v) is 35.6. The van der Waals surface area contributed by atoms with Gasteiger partial charge in [0.05, 0.1) is 0 Å². The monoisotopic (exact) mass is 1120 g/mol. The molecule has 0 aliphatic heterocycles. The number of hydrogen-bond acceptors (Lipinski definition) is 6. The van der Waals surface area contributed by atoms with E-state index < -0.39 is 6.10 Å². The van der Waals surface area contributed by atoms with Crippen molar-refractivity contribution in [3.05, 3.63) is 48.6 Å². The van der Waals surface area contributed by atoms with Crippen molar-refractivity contribution in [1.82, 2.24) is 0 Å². The summed E-state index contributed by atoms with van der Waals surface area (Å²) in [5.74, 6) is -0.852. The van der Waals surface area contributed by atoms with Crippen LogP contribution in [0.15, 0.2) is 48.6 Å². The van der Waals surface area contributed by atoms with Gasteiger partial charge in [-0.3, -0.25) is 14.4 Å². The standard InChI is InChI=1S/C74H136O6/c1-4-7-10-13-16-19-22-25-28-31-33-35-37-39-41-43-46-49-52-55-58-61-64-67-73(76)79-70-71(69-78-72(75)66-63-60-57-54-51-48-45-30-27-24-21-18-15-12-9-6-3)80-74(77)68-65-62-59-56-53-50-47-44-42-40-38-36-34-32-29-26-23-20-17-14-11-8-5-2/h22,25,31-34,37,39,71H,4-21,23-24,26-30,35-36,38,40-70H2,1-3H3/b25-22-,33-31-,34-32-,39-37-. The van der Waals surface area contributed by atoms with E-state index in [0.717, 1.165) is 77.0 Å². The summed E-state index contributed by atoms with van der Waals surface area (Å²) in [6.45, 7) is 6.69. The maximum absolute atomic E-state index is 13.0. The van der Waals surface area contributed by atoms with Gasteiger partial charge < -0.3 is 14.2 Å². The van der Waals surface area contributed by atoms with E-state index in [1.54, 1.807) is 0 Å². The average molecular weight is 1120 g/mol. The van der Waals surface area contributed by atoms with E-state index in [-0.39, 0.29) is 31.1 Å². The first-order chi connectivity index (χ1) is 39.5. The molecule has 6 nitrogen and oxygen atoms in total. The van der Waals surface area contributed by atoms with Crippen LogP contribution in [0.4, 0.5) is 0 Å². The van der Waals surface area contributed by atoms with Gasteiger partial charge in [0.2, 0.25) is 0 Å². The second-order valence-corrected chi connectivity index (χ2v) is 24.1. The Bertz CT molecular complexity index is 1380. The molecular formula is C74H136O6. The fraction of sp³-hybridized carbons (Fsp3) is 0.851. The van der Waals surface area contributed by atoms with Gasteiger partial charge in [0, 0.05) is 19.3 Å². The molecule has 0 saturated heterocycles. The summed E-state index contributed by atoms with van der Waals surface area (Å²) < 4.78 is 17.0. The minimum atomic E-state index is -0.776. The quantitative estimate of drug-likeness (QED) is 0.0261. The first-order valence-electron chi connectivity index (χ1n) is 35.6. The number of esters is 3. The Labute approximate surface area is 498 Å². The number of carbonyl (C=O) groups excluding carboxylic acids is 3. The smallest absolute Gasteiger partial charge is 0.306 e. The number of hydrogen-bond donors (Lipinski definition) is 0. The highest BCUT2D eigenvalue weighted by Gasteiger charge is 2.19. The SMILES string of the molecule is CCCCCCC/C=C\C/C=C\C/C=C\CCCCCCCCCCC(=O)OCC(COC(=O)CCCCCCCCCCCCCCCCCC)OC(=O)CCCCCCCCCCCCC/C=C\CCCCCCCCCC. The van der Waals surface area contributed by atoms with Gasteiger partial charge >= 0.3 is 17.9 Å². The molecule has 0 spiro atoms. The van der Waals surface area contributed by atoms with Crippen LogP contribution in [0.2, 0.25) is 0 Å². The Morgan fingerprint density at radius 2 is 0.450 bits per heavy atom. The van der Waals surface area contributed by atoms with E-state index in [9.17, 15) is 14.4 Å². The van der Waals surface area contributed by atoms with Gasteiger partial charge in [0.15, 0.2) is 6.10 Å². The molecule has 80 heavy (non-hydrogen) atoms. The van der Waals surface area contributed by atoms with Gasteiger partial charge in [0.1, 0.15) is 13.2 Å². The van der Waals surface area contributed by atoms with Crippen LogP contribution in [0.25, 0.3) is 0 Å². The molecule has 0 bridgehead atoms. The van der Waals surface area contributed by atoms with Crippen LogP contribution < -0.4 is 0 Å². The number of unbranched alkanes of at least 4 members (excludes halogenated alkanes) is 47. The van der Waals surface area contributed by atoms with E-state index >= 15 is 0 Å². The highest BCUT2D eigenvalue weighted by molar-refractivity contribution is 5.71. The lowest BCUT2D eigenvalue weighted by Gasteiger charge is -2.18. The fourth-order valence-corrected chi connectivity index (χ4v) is 10.7. The molecular weight excluding hydrogens is 985 g/mol. The molecule has 1 atom stereocenters. The van der Waals surface area contributed by atoms with Crippen molar-refractivity contribution in [1.29, 1.82) is 0 Å². The topological polar surface area (TPSA) is 78.9 Å². The molecule has 0 amide bonds. The zero-order valence-electron chi connectivity index (χ0n) is 53.9. The van der Waals surface area contributed by atoms with Crippen LogP contribution in [-0.2, 0) is 28.6 Å². The van der Waals surface area contributed by atoms with Crippen LogP contribution >= 0.6 is 0 Å². The molecule has 1 unspecified atom stereocenters. The third-order valence-electron chi connectivity index (χ3n) is 16.1. The average Bonchev–Trinajstić information content (AvgIpc) is 3.46. The number of allylic oxidation sites excluding steroid dienone is 8. The summed E-state index contributed by atoms with van der Waals surface area (Å²) >= 11 is 0. The predicted octanol–water partition coefficient (Wildman–Crippen LogP) is 24.5. The van der Waals surface area contributed by atoms with E-state index in [2.05, 4.69) is 69.4 Å². The molecule has 0 saturated carbocycles. The molecule has 0 aliphatic rings. The van der Waals surface area contributed by atoms with Gasteiger partial charge in [-0.25, -0.2) is 0 Å². The predicted molar refractivity (Wildman–Crippen MR) is 349 cm³/mol. The van der Waals surface area contributed by atoms with Crippen molar-refractivity contribution in [3.63, 3.8) is 0 Å². The summed E-state index contributed by atoms with van der Waals surface area (Å²) in [7, 11) is 0. The molecule has 0 aromatic rings. The molecule has 6 heteroatoms. The molecule has 0 radical (unpaired) electrons. The number of carbonyl (C=O) groups is 3. The molecule has 0 aromatic heterocycles. The Kier molecular flexibility index (Phi) is 66.6. The summed E-state index contributed by atoms with van der Waals surface area (Å²) in [6, 6.07) is 0. The van der Waals surface area contributed by atoms with Gasteiger partial charge in [-0.1, -0.05) is 333 Å². The van der Waals surface area contributed by atoms with Gasteiger partial charge in [-0.05, 0) is 83.5 Å². The molecule has 0 rings (SSSR count). The van der Waals surface area contributed by atoms with Crippen LogP contribution in [0.3, 0.4) is 0 Å². The summed E-state index contributed by atoms with van der Waals surface area (Å²) in [6.07, 6.45) is 87.0. The van der Waals surface area contributed by atoms with Gasteiger partial charge in [-0.2, -0.15) is 0 Å². The summed E-state index contributed by atoms with van der Waals surface area (Å²) in [4.78, 5) is 38.5. The van der Waals surface area contributed by atoms with Crippen molar-refractivity contribution in [2.75, 3.05) is 13.2 Å². The Balaban J connectivity index is 4.32. The van der Waals surface area contributed by atoms with Crippen molar-refractivity contribution in [2.45, 2.75) is 393 Å². The van der Waals surface area contributed by atoms with E-state index in [0.29, 0.717) is 19.3 Å². The maximum Gasteiger partial charge on any atom is 0.306 e. The number of rotatable bonds is 66. The number of ether oxygens (including phenoxy) is 3. The zero-order valence-corrected chi connectivity index (χ0v) is 53.9. The molecule has 0 fully saturated rings. The van der Waals surface area contributed by atoms with E-state index in [1.807, 2.05) is 0 Å². The zero-order chi connectivity index (χ0) is 57.8. The lowest BCUT2D eigenvalue weighted by Crippen LogP contribution is -2.30. The Hall–Kier alpha value is -2.63. The molecule has 0 N–H and O–H groups in total. The molecule has 0 heterocycles. The van der Waals surface area contributed by atoms with E-state index in [1.165, 1.54) is 270 Å². The minimum Gasteiger partial charge on any atom is -0.462 e. The Morgan fingerprint density at radius 3 is 0.713 bits per heavy atom.